The molecule has 11 rings (SSSR count). The molecule has 3 aromatic carbocycles. The first kappa shape index (κ1) is 114. The number of carboxylic acid groups (broad SMARTS) is 3. The Hall–Kier alpha value is -14.5. The molecule has 3 bridgehead atoms. The molecule has 4 fully saturated rings. The Morgan fingerprint density at radius 1 is 0.514 bits per heavy atom. The summed E-state index contributed by atoms with van der Waals surface area (Å²) < 4.78 is 6.73. The number of nitrogens with zero attached hydrogens (tertiary/aromatic N) is 2. The molecule has 1 aliphatic carbocycles. The van der Waals surface area contributed by atoms with Crippen molar-refractivity contribution < 1.29 is 121 Å². The fourth-order valence-electron chi connectivity index (χ4n) is 19.3. The molecule has 7 heterocycles. The molecular formula is C103H134N18O25S2. The average molecular weight is 2090 g/mol. The molecule has 18 amide bonds. The first-order chi connectivity index (χ1) is 70.5. The molecule has 14 atom stereocenters. The second kappa shape index (κ2) is 53.2. The van der Waals surface area contributed by atoms with Gasteiger partial charge in [0.2, 0.25) is 100 Å². The summed E-state index contributed by atoms with van der Waals surface area (Å²) in [5, 5.41) is 77.6. The maximum Gasteiger partial charge on any atom is 0.409 e. The van der Waals surface area contributed by atoms with Crippen molar-refractivity contribution in [3.05, 3.63) is 153 Å². The Labute approximate surface area is 863 Å². The van der Waals surface area contributed by atoms with Gasteiger partial charge in [-0.15, -0.1) is 11.3 Å². The third-order valence-electron chi connectivity index (χ3n) is 27.7. The number of likely N-dealkylation sites (tertiary alicyclic amines) is 1. The molecule has 3 saturated heterocycles. The van der Waals surface area contributed by atoms with Crippen molar-refractivity contribution in [2.75, 3.05) is 32.8 Å². The zero-order valence-electron chi connectivity index (χ0n) is 83.5. The van der Waals surface area contributed by atoms with Crippen molar-refractivity contribution >= 4 is 157 Å². The van der Waals surface area contributed by atoms with Crippen molar-refractivity contribution in [3.63, 3.8) is 0 Å². The van der Waals surface area contributed by atoms with E-state index in [2.05, 4.69) is 79.8 Å². The number of nitrogens with two attached hydrogens (primary N) is 1. The summed E-state index contributed by atoms with van der Waals surface area (Å²) in [5.41, 5.74) is -1.18. The van der Waals surface area contributed by atoms with Crippen molar-refractivity contribution in [1.82, 2.24) is 89.6 Å². The highest BCUT2D eigenvalue weighted by Crippen LogP contribution is 2.37. The number of rotatable bonds is 17. The molecule has 43 nitrogen and oxygen atoms in total. The molecule has 0 radical (unpaired) electrons. The summed E-state index contributed by atoms with van der Waals surface area (Å²) in [5.74, 6) is -21.8. The number of aromatic carboxylic acids is 1. The van der Waals surface area contributed by atoms with Gasteiger partial charge in [0.1, 0.15) is 88.6 Å². The lowest BCUT2D eigenvalue weighted by Gasteiger charge is -2.39. The predicted molar refractivity (Wildman–Crippen MR) is 540 cm³/mol. The summed E-state index contributed by atoms with van der Waals surface area (Å²) in [6.45, 7) is 5.10. The van der Waals surface area contributed by atoms with Crippen LogP contribution < -0.4 is 85.5 Å². The van der Waals surface area contributed by atoms with E-state index in [9.17, 15) is 72.9 Å². The molecule has 20 N–H and O–H groups in total. The quantitative estimate of drug-likeness (QED) is 0.0595. The van der Waals surface area contributed by atoms with Crippen molar-refractivity contribution in [2.24, 2.45) is 11.7 Å². The van der Waals surface area contributed by atoms with Crippen LogP contribution in [-0.2, 0) is 122 Å². The van der Waals surface area contributed by atoms with E-state index >= 15 is 43.2 Å². The van der Waals surface area contributed by atoms with E-state index in [1.54, 1.807) is 82.9 Å². The van der Waals surface area contributed by atoms with Gasteiger partial charge in [-0.25, -0.2) is 9.59 Å². The number of nitrogens with one attached hydrogen (secondary N) is 15. The molecule has 148 heavy (non-hydrogen) atoms. The zero-order chi connectivity index (χ0) is 107. The van der Waals surface area contributed by atoms with Crippen LogP contribution in [0, 0.1) is 5.92 Å². The van der Waals surface area contributed by atoms with Gasteiger partial charge in [-0.05, 0) is 217 Å². The fourth-order valence-corrected chi connectivity index (χ4v) is 21.0. The fraction of sp³-hybridized carbons (Fsp3) is 0.524. The number of benzene rings is 3. The number of primary amides is 1. The summed E-state index contributed by atoms with van der Waals surface area (Å²) in [7, 11) is 0. The number of carbonyl (C=O) groups is 21. The molecule has 3 spiro atoms. The van der Waals surface area contributed by atoms with Gasteiger partial charge in [-0.2, -0.15) is 11.3 Å². The van der Waals surface area contributed by atoms with Crippen LogP contribution >= 0.6 is 22.7 Å². The first-order valence-electron chi connectivity index (χ1n) is 50.2. The van der Waals surface area contributed by atoms with Gasteiger partial charge < -0.3 is 115 Å². The van der Waals surface area contributed by atoms with E-state index in [4.69, 9.17) is 10.5 Å². The van der Waals surface area contributed by atoms with Crippen LogP contribution in [0.2, 0.25) is 0 Å². The monoisotopic (exact) mass is 2090 g/mol. The van der Waals surface area contributed by atoms with Crippen LogP contribution in [0.3, 0.4) is 0 Å². The third kappa shape index (κ3) is 31.5. The van der Waals surface area contributed by atoms with Crippen LogP contribution in [0.1, 0.15) is 221 Å². The average Bonchev–Trinajstić information content (AvgIpc) is 1.64. The minimum absolute atomic E-state index is 0.0153. The summed E-state index contributed by atoms with van der Waals surface area (Å²) in [6.07, 6.45) is 3.81. The standard InChI is InChI=1S/C103H134N18O25S2/c1-60(83(104)128)106-85(130)71-37-38-79(123)105-45-24-20-35-70-91(136)118-102(97(143)113-73(53-65-39-49-147-57-65)87(132)112-75(88(133)109-71)54-68-58-148-78-36-19-18-34-69(68)78)44-47-120(59-102)99(145)146-48-25-11-7-6-8-21-40-101(41-22-9-10-23-42-103(43-27-46-121(103)62(3)122)98(144)115-77(56-81(126)127)90(135)116-82(93(138)119-101)66-31-16-13-17-32-66)96(142)114-76(55-80(124)125)89(134)111-74(52-64-30-26-33-67(50-64)94(139)140)92(137)117-100(4,5)95(141)107-61(2)84(129)110-72(86(131)108-70)51-63-28-14-12-15-29-63/h6-7,10,12,14-15,18-19,23,26,28-30,33-34,36,39,49-50,57-58,60-61,66,70-77,82H,8-9,11,13,16-17,20-22,24-25,27,31-32,35,37-38,40-48,51-56,59H2,1-5H3,(H2,104,128)(H,105,123)(H,106,130)(H,107,141)(H,108,131)(H,109,133)(H,110,129)(H,111,134)(H,112,132)(H,113,143)(H,114,142)(H,115,144)(H,116,135)(H,117,137)(H,118,136)(H,119,138)(H,124,125)(H,126,127)(H,139,140)/b7-6+,23-10-/t60-,61-,70-,71-,72-,73-,74-,75-,76-,77-,82-,101+,102-,103-/m0/s1. The maximum absolute atomic E-state index is 16.2. The van der Waals surface area contributed by atoms with Gasteiger partial charge in [0.05, 0.1) is 31.6 Å². The maximum atomic E-state index is 16.2. The van der Waals surface area contributed by atoms with E-state index in [1.807, 2.05) is 18.2 Å². The highest BCUT2D eigenvalue weighted by atomic mass is 32.1. The SMILES string of the molecule is CC(=O)N1CCC[C@]12C/C=C\CCC[C@@]1(CCC/C=C/CCCOC(=O)N3CC[C@@]4(C3)NC(=O)[C@H](CCCCNC(=O)CC[C@@H](C(=O)N[C@@H](C)C(N)=O)NC(=O)[C@H](Cc3csc5ccccc35)NC(=O)[C@H](Cc3ccsc3)NC4=O)NC(=O)[C@H](Cc3ccccc3)NC(=O)[C@H](C)NC(=O)C(C)(C)NC(=O)[C@H](Cc3cccc(C(=O)O)c3)NC(=O)[C@H](CC(=O)O)NC1=O)NC(=O)[C@H](C1CCCCC1)NC(=O)[C@H](CC(=O)O)NC2=O. The zero-order valence-corrected chi connectivity index (χ0v) is 85.1. The van der Waals surface area contributed by atoms with Gasteiger partial charge in [0.25, 0.3) is 0 Å². The lowest BCUT2D eigenvalue weighted by atomic mass is 9.81. The van der Waals surface area contributed by atoms with Crippen LogP contribution in [0.4, 0.5) is 4.79 Å². The molecule has 6 aliphatic rings. The van der Waals surface area contributed by atoms with Crippen molar-refractivity contribution in [2.45, 2.75) is 303 Å². The number of fused-ring (bicyclic) bond motifs is 4. The molecule has 2 aromatic heterocycles. The smallest absolute Gasteiger partial charge is 0.409 e. The van der Waals surface area contributed by atoms with E-state index in [1.165, 1.54) is 86.5 Å². The van der Waals surface area contributed by atoms with Crippen molar-refractivity contribution in [1.29, 1.82) is 0 Å². The minimum Gasteiger partial charge on any atom is -0.481 e. The van der Waals surface area contributed by atoms with E-state index < -0.39 is 251 Å². The predicted octanol–water partition coefficient (Wildman–Crippen LogP) is 2.88. The number of cyclic esters (lactones) is 1. The summed E-state index contributed by atoms with van der Waals surface area (Å²) in [6, 6.07) is 4.05. The Morgan fingerprint density at radius 3 is 1.77 bits per heavy atom. The van der Waals surface area contributed by atoms with E-state index in [0.29, 0.717) is 48.8 Å². The topological polar surface area (TPSA) is 641 Å². The van der Waals surface area contributed by atoms with Crippen LogP contribution in [0.25, 0.3) is 10.1 Å². The van der Waals surface area contributed by atoms with Gasteiger partial charge >= 0.3 is 24.0 Å². The molecular weight excluding hydrogens is 1950 g/mol. The number of carbonyl (C=O) groups excluding carboxylic acids is 18. The number of aliphatic carboxylic acids is 2. The van der Waals surface area contributed by atoms with Crippen LogP contribution in [0.5, 0.6) is 0 Å². The van der Waals surface area contributed by atoms with Crippen molar-refractivity contribution in [3.8, 4) is 0 Å². The Bertz CT molecular complexity index is 5770. The summed E-state index contributed by atoms with van der Waals surface area (Å²) in [4.78, 5) is 310. The number of hydrogen-bond donors (Lipinski definition) is 19. The number of allylic oxidation sites excluding steroid dienone is 3. The normalized spacial score (nSPS) is 27.2. The second-order valence-corrected chi connectivity index (χ2v) is 41.0. The first-order valence-corrected chi connectivity index (χ1v) is 52.0. The Kier molecular flexibility index (Phi) is 40.9. The number of carboxylic acids is 3. The van der Waals surface area contributed by atoms with Crippen LogP contribution in [-0.4, -0.2) is 271 Å². The molecule has 45 heteroatoms. The van der Waals surface area contributed by atoms with Gasteiger partial charge in [0.15, 0.2) is 0 Å². The molecule has 0 unspecified atom stereocenters. The Balaban J connectivity index is 0.975. The summed E-state index contributed by atoms with van der Waals surface area (Å²) >= 11 is 2.61. The second-order valence-electron chi connectivity index (χ2n) is 39.3. The van der Waals surface area contributed by atoms with E-state index in [-0.39, 0.29) is 153 Å². The molecule has 1 saturated carbocycles. The number of hydrogen-bond acceptors (Lipinski definition) is 24. The highest BCUT2D eigenvalue weighted by molar-refractivity contribution is 7.17. The largest absolute Gasteiger partial charge is 0.481 e. The Morgan fingerprint density at radius 2 is 1.09 bits per heavy atom. The number of amides is 18. The lowest BCUT2D eigenvalue weighted by molar-refractivity contribution is -0.147. The third-order valence-corrected chi connectivity index (χ3v) is 29.5. The number of ether oxygens (including phenoxy) is 1. The van der Waals surface area contributed by atoms with Crippen LogP contribution in [0.15, 0.2) is 125 Å². The number of thiophene rings is 2. The van der Waals surface area contributed by atoms with Gasteiger partial charge in [0, 0.05) is 63.4 Å². The molecule has 5 aromatic rings. The minimum atomic E-state index is -2.22. The molecule has 5 aliphatic heterocycles. The van der Waals surface area contributed by atoms with E-state index in [0.717, 1.165) is 21.4 Å². The molecule has 798 valence electrons. The van der Waals surface area contributed by atoms with Gasteiger partial charge in [-0.3, -0.25) is 91.1 Å². The van der Waals surface area contributed by atoms with Gasteiger partial charge in [-0.1, -0.05) is 104 Å². The lowest BCUT2D eigenvalue weighted by Crippen LogP contribution is -2.67. The highest BCUT2D eigenvalue weighted by Gasteiger charge is 2.53.